The van der Waals surface area contributed by atoms with Crippen LogP contribution in [0.2, 0.25) is 0 Å². The van der Waals surface area contributed by atoms with E-state index in [2.05, 4.69) is 9.97 Å². The number of nitrogens with two attached hydrogens (primary N) is 1. The van der Waals surface area contributed by atoms with Crippen LogP contribution in [-0.2, 0) is 4.74 Å². The average molecular weight is 199 g/mol. The number of nitrogens with zero attached hydrogens (tertiary/aromatic N) is 2. The van der Waals surface area contributed by atoms with Crippen LogP contribution >= 0.6 is 11.8 Å². The van der Waals surface area contributed by atoms with E-state index >= 15 is 0 Å². The molecule has 0 unspecified atom stereocenters. The molecule has 0 aliphatic carbocycles. The van der Waals surface area contributed by atoms with Crippen molar-refractivity contribution in [3.05, 3.63) is 12.4 Å². The SMILES string of the molecule is COCCCSc1ncc(N)cn1. The molecule has 72 valence electrons. The molecule has 0 spiro atoms. The monoisotopic (exact) mass is 199 g/mol. The lowest BCUT2D eigenvalue weighted by Crippen LogP contribution is -1.94. The second kappa shape index (κ2) is 5.77. The summed E-state index contributed by atoms with van der Waals surface area (Å²) in [5.74, 6) is 0.970. The van der Waals surface area contributed by atoms with Crippen molar-refractivity contribution in [2.45, 2.75) is 11.6 Å². The van der Waals surface area contributed by atoms with E-state index in [0.29, 0.717) is 5.69 Å². The Morgan fingerprint density at radius 3 is 2.77 bits per heavy atom. The van der Waals surface area contributed by atoms with E-state index in [9.17, 15) is 0 Å². The van der Waals surface area contributed by atoms with Crippen LogP contribution in [0.3, 0.4) is 0 Å². The molecule has 0 aliphatic rings. The Labute approximate surface area is 81.9 Å². The van der Waals surface area contributed by atoms with E-state index in [-0.39, 0.29) is 0 Å². The Kier molecular flexibility index (Phi) is 4.56. The number of rotatable bonds is 5. The first-order valence-corrected chi connectivity index (χ1v) is 5.00. The van der Waals surface area contributed by atoms with E-state index in [1.165, 1.54) is 0 Å². The summed E-state index contributed by atoms with van der Waals surface area (Å²) >= 11 is 1.61. The summed E-state index contributed by atoms with van der Waals surface area (Å²) in [6.07, 6.45) is 4.24. The van der Waals surface area contributed by atoms with Gasteiger partial charge in [-0.1, -0.05) is 11.8 Å². The lowest BCUT2D eigenvalue weighted by molar-refractivity contribution is 0.200. The van der Waals surface area contributed by atoms with Gasteiger partial charge in [0.25, 0.3) is 0 Å². The van der Waals surface area contributed by atoms with Gasteiger partial charge in [-0.05, 0) is 6.42 Å². The van der Waals surface area contributed by atoms with Crippen molar-refractivity contribution in [2.24, 2.45) is 0 Å². The van der Waals surface area contributed by atoms with Crippen molar-refractivity contribution in [1.29, 1.82) is 0 Å². The molecule has 4 nitrogen and oxygen atoms in total. The zero-order valence-corrected chi connectivity index (χ0v) is 8.38. The van der Waals surface area contributed by atoms with Gasteiger partial charge in [-0.15, -0.1) is 0 Å². The molecule has 0 aliphatic heterocycles. The fourth-order valence-corrected chi connectivity index (χ4v) is 1.47. The van der Waals surface area contributed by atoms with Gasteiger partial charge in [0.1, 0.15) is 0 Å². The van der Waals surface area contributed by atoms with Gasteiger partial charge in [-0.25, -0.2) is 9.97 Å². The number of aromatic nitrogens is 2. The molecule has 0 fully saturated rings. The number of nitrogen functional groups attached to an aromatic ring is 1. The van der Waals surface area contributed by atoms with Gasteiger partial charge in [0.05, 0.1) is 18.1 Å². The molecule has 1 rings (SSSR count). The number of ether oxygens (including phenoxy) is 1. The fraction of sp³-hybridized carbons (Fsp3) is 0.500. The predicted octanol–water partition coefficient (Wildman–Crippen LogP) is 1.19. The third-order valence-corrected chi connectivity index (χ3v) is 2.33. The fourth-order valence-electron chi connectivity index (χ4n) is 0.767. The molecular formula is C8H13N3OS. The van der Waals surface area contributed by atoms with Crippen molar-refractivity contribution in [1.82, 2.24) is 9.97 Å². The van der Waals surface area contributed by atoms with Crippen molar-refractivity contribution < 1.29 is 4.74 Å². The van der Waals surface area contributed by atoms with E-state index in [4.69, 9.17) is 10.5 Å². The number of anilines is 1. The largest absolute Gasteiger partial charge is 0.396 e. The van der Waals surface area contributed by atoms with Crippen molar-refractivity contribution in [2.75, 3.05) is 25.2 Å². The summed E-state index contributed by atoms with van der Waals surface area (Å²) in [7, 11) is 1.70. The average Bonchev–Trinajstić information content (AvgIpc) is 2.15. The van der Waals surface area contributed by atoms with Gasteiger partial charge in [0.15, 0.2) is 5.16 Å². The third-order valence-electron chi connectivity index (χ3n) is 1.37. The summed E-state index contributed by atoms with van der Waals surface area (Å²) in [5.41, 5.74) is 6.05. The van der Waals surface area contributed by atoms with Gasteiger partial charge < -0.3 is 10.5 Å². The minimum Gasteiger partial charge on any atom is -0.396 e. The van der Waals surface area contributed by atoms with Crippen LogP contribution < -0.4 is 5.73 Å². The molecule has 1 aromatic rings. The first-order chi connectivity index (χ1) is 6.33. The molecule has 2 N–H and O–H groups in total. The Balaban J connectivity index is 2.25. The standard InChI is InChI=1S/C8H13N3OS/c1-12-3-2-4-13-8-10-5-7(9)6-11-8/h5-6H,2-4,9H2,1H3. The van der Waals surface area contributed by atoms with Crippen LogP contribution in [0.4, 0.5) is 5.69 Å². The first-order valence-electron chi connectivity index (χ1n) is 4.02. The molecule has 0 amide bonds. The van der Waals surface area contributed by atoms with E-state index in [0.717, 1.165) is 23.9 Å². The van der Waals surface area contributed by atoms with Crippen molar-refractivity contribution in [3.63, 3.8) is 0 Å². The summed E-state index contributed by atoms with van der Waals surface area (Å²) in [6.45, 7) is 0.780. The summed E-state index contributed by atoms with van der Waals surface area (Å²) < 4.78 is 4.92. The smallest absolute Gasteiger partial charge is 0.187 e. The molecule has 1 aromatic heterocycles. The second-order valence-electron chi connectivity index (χ2n) is 2.49. The van der Waals surface area contributed by atoms with Crippen LogP contribution in [0.5, 0.6) is 0 Å². The van der Waals surface area contributed by atoms with Gasteiger partial charge >= 0.3 is 0 Å². The maximum atomic E-state index is 5.45. The van der Waals surface area contributed by atoms with Crippen molar-refractivity contribution >= 4 is 17.4 Å². The Morgan fingerprint density at radius 1 is 1.46 bits per heavy atom. The Bertz CT molecular complexity index is 240. The molecule has 0 aromatic carbocycles. The number of hydrogen-bond donors (Lipinski definition) is 1. The van der Waals surface area contributed by atoms with Gasteiger partial charge in [0, 0.05) is 19.5 Å². The summed E-state index contributed by atoms with van der Waals surface area (Å²) in [6, 6.07) is 0. The first kappa shape index (κ1) is 10.3. The molecular weight excluding hydrogens is 186 g/mol. The summed E-state index contributed by atoms with van der Waals surface area (Å²) in [5, 5.41) is 0.769. The van der Waals surface area contributed by atoms with Crippen molar-refractivity contribution in [3.8, 4) is 0 Å². The zero-order chi connectivity index (χ0) is 9.52. The van der Waals surface area contributed by atoms with Crippen LogP contribution in [-0.4, -0.2) is 29.4 Å². The molecule has 0 atom stereocenters. The Hall–Kier alpha value is -0.810. The maximum Gasteiger partial charge on any atom is 0.187 e. The highest BCUT2D eigenvalue weighted by Gasteiger charge is 1.96. The van der Waals surface area contributed by atoms with Crippen LogP contribution in [0.15, 0.2) is 17.6 Å². The van der Waals surface area contributed by atoms with Crippen LogP contribution in [0.25, 0.3) is 0 Å². The topological polar surface area (TPSA) is 61.0 Å². The lowest BCUT2D eigenvalue weighted by atomic mass is 10.5. The molecule has 0 saturated heterocycles. The van der Waals surface area contributed by atoms with E-state index in [1.807, 2.05) is 0 Å². The van der Waals surface area contributed by atoms with Crippen LogP contribution in [0.1, 0.15) is 6.42 Å². The third kappa shape index (κ3) is 4.10. The molecule has 0 bridgehead atoms. The molecule has 0 radical (unpaired) electrons. The molecule has 13 heavy (non-hydrogen) atoms. The molecule has 0 saturated carbocycles. The highest BCUT2D eigenvalue weighted by Crippen LogP contribution is 2.13. The van der Waals surface area contributed by atoms with Gasteiger partial charge in [-0.2, -0.15) is 0 Å². The number of hydrogen-bond acceptors (Lipinski definition) is 5. The Morgan fingerprint density at radius 2 is 2.15 bits per heavy atom. The predicted molar refractivity (Wildman–Crippen MR) is 53.7 cm³/mol. The lowest BCUT2D eigenvalue weighted by Gasteiger charge is -1.99. The highest BCUT2D eigenvalue weighted by atomic mass is 32.2. The van der Waals surface area contributed by atoms with Crippen LogP contribution in [0, 0.1) is 0 Å². The number of thioether (sulfide) groups is 1. The normalized spacial score (nSPS) is 10.2. The molecule has 5 heteroatoms. The minimum absolute atomic E-state index is 0.598. The zero-order valence-electron chi connectivity index (χ0n) is 7.56. The maximum absolute atomic E-state index is 5.45. The second-order valence-corrected chi connectivity index (χ2v) is 3.56. The summed E-state index contributed by atoms with van der Waals surface area (Å²) in [4.78, 5) is 8.12. The van der Waals surface area contributed by atoms with Gasteiger partial charge in [0.2, 0.25) is 0 Å². The quantitative estimate of drug-likeness (QED) is 0.438. The van der Waals surface area contributed by atoms with Gasteiger partial charge in [-0.3, -0.25) is 0 Å². The molecule has 1 heterocycles. The minimum atomic E-state index is 0.598. The van der Waals surface area contributed by atoms with E-state index in [1.54, 1.807) is 31.3 Å². The highest BCUT2D eigenvalue weighted by molar-refractivity contribution is 7.99. The number of methoxy groups -OCH3 is 1. The van der Waals surface area contributed by atoms with E-state index < -0.39 is 0 Å².